The number of hydrogen-bond acceptors (Lipinski definition) is 2. The van der Waals surface area contributed by atoms with Gasteiger partial charge in [-0.3, -0.25) is 4.90 Å². The van der Waals surface area contributed by atoms with E-state index in [4.69, 9.17) is 17.3 Å². The van der Waals surface area contributed by atoms with Crippen molar-refractivity contribution in [2.45, 2.75) is 38.8 Å². The number of piperidine rings is 1. The Bertz CT molecular complexity index is 438. The first-order chi connectivity index (χ1) is 9.02. The van der Waals surface area contributed by atoms with E-state index in [-0.39, 0.29) is 6.04 Å². The van der Waals surface area contributed by atoms with Crippen LogP contribution in [0.4, 0.5) is 0 Å². The Morgan fingerprint density at radius 2 is 2.16 bits per heavy atom. The number of benzene rings is 1. The second-order valence-electron chi connectivity index (χ2n) is 5.65. The fourth-order valence-corrected chi connectivity index (χ4v) is 3.92. The van der Waals surface area contributed by atoms with Crippen LogP contribution in [0.25, 0.3) is 0 Å². The SMILES string of the molecule is CC1CCC(C)N(C(CN)c2ccc(Cl)cc2Br)C1. The molecule has 106 valence electrons. The predicted molar refractivity (Wildman–Crippen MR) is 85.5 cm³/mol. The fraction of sp³-hybridized carbons (Fsp3) is 0.600. The van der Waals surface area contributed by atoms with E-state index in [1.807, 2.05) is 12.1 Å². The third-order valence-electron chi connectivity index (χ3n) is 4.11. The van der Waals surface area contributed by atoms with Crippen molar-refractivity contribution in [3.05, 3.63) is 33.3 Å². The smallest absolute Gasteiger partial charge is 0.0484 e. The van der Waals surface area contributed by atoms with Gasteiger partial charge in [0.05, 0.1) is 0 Å². The van der Waals surface area contributed by atoms with E-state index in [2.05, 4.69) is 40.7 Å². The quantitative estimate of drug-likeness (QED) is 0.888. The Kier molecular flexibility index (Phi) is 5.29. The van der Waals surface area contributed by atoms with Gasteiger partial charge in [-0.05, 0) is 43.4 Å². The summed E-state index contributed by atoms with van der Waals surface area (Å²) in [5.74, 6) is 0.747. The molecule has 0 aromatic heterocycles. The monoisotopic (exact) mass is 344 g/mol. The number of likely N-dealkylation sites (tertiary alicyclic amines) is 1. The van der Waals surface area contributed by atoms with Crippen LogP contribution in [-0.2, 0) is 0 Å². The molecular weight excluding hydrogens is 324 g/mol. The molecule has 0 spiro atoms. The lowest BCUT2D eigenvalue weighted by molar-refractivity contribution is 0.0795. The molecule has 0 bridgehead atoms. The molecule has 1 aromatic rings. The summed E-state index contributed by atoms with van der Waals surface area (Å²) in [6.45, 7) is 6.39. The minimum absolute atomic E-state index is 0.268. The molecule has 1 aliphatic heterocycles. The maximum absolute atomic E-state index is 6.05. The Morgan fingerprint density at radius 3 is 2.79 bits per heavy atom. The lowest BCUT2D eigenvalue weighted by atomic mass is 9.91. The van der Waals surface area contributed by atoms with Crippen LogP contribution in [0.5, 0.6) is 0 Å². The molecule has 3 atom stereocenters. The lowest BCUT2D eigenvalue weighted by Crippen LogP contribution is -2.45. The van der Waals surface area contributed by atoms with Gasteiger partial charge in [0.25, 0.3) is 0 Å². The van der Waals surface area contributed by atoms with Crippen molar-refractivity contribution in [1.29, 1.82) is 0 Å². The van der Waals surface area contributed by atoms with Gasteiger partial charge in [-0.15, -0.1) is 0 Å². The average Bonchev–Trinajstić information content (AvgIpc) is 2.36. The van der Waals surface area contributed by atoms with Crippen LogP contribution in [0.1, 0.15) is 38.3 Å². The van der Waals surface area contributed by atoms with Gasteiger partial charge in [0.2, 0.25) is 0 Å². The van der Waals surface area contributed by atoms with Crippen molar-refractivity contribution in [3.8, 4) is 0 Å². The van der Waals surface area contributed by atoms with E-state index < -0.39 is 0 Å². The normalized spacial score (nSPS) is 26.4. The molecule has 4 heteroatoms. The van der Waals surface area contributed by atoms with E-state index in [0.717, 1.165) is 22.0 Å². The first-order valence-electron chi connectivity index (χ1n) is 6.93. The molecule has 1 heterocycles. The maximum atomic E-state index is 6.05. The predicted octanol–water partition coefficient (Wildman–Crippen LogP) is 4.22. The maximum Gasteiger partial charge on any atom is 0.0484 e. The summed E-state index contributed by atoms with van der Waals surface area (Å²) in [6.07, 6.45) is 2.57. The van der Waals surface area contributed by atoms with Gasteiger partial charge in [0, 0.05) is 34.7 Å². The summed E-state index contributed by atoms with van der Waals surface area (Å²) >= 11 is 9.65. The first-order valence-corrected chi connectivity index (χ1v) is 8.10. The Hall–Kier alpha value is -0.0900. The van der Waals surface area contributed by atoms with Gasteiger partial charge in [-0.1, -0.05) is 40.5 Å². The van der Waals surface area contributed by atoms with Crippen LogP contribution >= 0.6 is 27.5 Å². The van der Waals surface area contributed by atoms with Gasteiger partial charge < -0.3 is 5.73 Å². The van der Waals surface area contributed by atoms with Crippen LogP contribution in [0.15, 0.2) is 22.7 Å². The highest BCUT2D eigenvalue weighted by Crippen LogP contribution is 2.34. The number of hydrogen-bond donors (Lipinski definition) is 1. The van der Waals surface area contributed by atoms with Crippen molar-refractivity contribution >= 4 is 27.5 Å². The number of nitrogens with zero attached hydrogens (tertiary/aromatic N) is 1. The highest BCUT2D eigenvalue weighted by molar-refractivity contribution is 9.10. The van der Waals surface area contributed by atoms with Gasteiger partial charge in [-0.25, -0.2) is 0 Å². The molecule has 1 aliphatic rings. The van der Waals surface area contributed by atoms with Crippen molar-refractivity contribution in [3.63, 3.8) is 0 Å². The second-order valence-corrected chi connectivity index (χ2v) is 6.94. The third-order valence-corrected chi connectivity index (χ3v) is 5.03. The summed E-state index contributed by atoms with van der Waals surface area (Å²) in [5, 5.41) is 0.756. The summed E-state index contributed by atoms with van der Waals surface area (Å²) in [5.41, 5.74) is 7.30. The number of nitrogens with two attached hydrogens (primary N) is 1. The molecule has 0 aliphatic carbocycles. The lowest BCUT2D eigenvalue weighted by Gasteiger charge is -2.42. The Balaban J connectivity index is 2.27. The van der Waals surface area contributed by atoms with Crippen molar-refractivity contribution in [1.82, 2.24) is 4.90 Å². The molecule has 0 amide bonds. The van der Waals surface area contributed by atoms with Crippen LogP contribution < -0.4 is 5.73 Å². The molecule has 1 aromatic carbocycles. The van der Waals surface area contributed by atoms with Gasteiger partial charge >= 0.3 is 0 Å². The number of halogens is 2. The molecule has 3 unspecified atom stereocenters. The topological polar surface area (TPSA) is 29.3 Å². The van der Waals surface area contributed by atoms with Gasteiger partial charge in [0.15, 0.2) is 0 Å². The van der Waals surface area contributed by atoms with Crippen LogP contribution in [0.3, 0.4) is 0 Å². The highest BCUT2D eigenvalue weighted by Gasteiger charge is 2.30. The van der Waals surface area contributed by atoms with E-state index in [1.54, 1.807) is 0 Å². The fourth-order valence-electron chi connectivity index (χ4n) is 2.97. The van der Waals surface area contributed by atoms with Crippen LogP contribution in [0, 0.1) is 5.92 Å². The van der Waals surface area contributed by atoms with E-state index >= 15 is 0 Å². The zero-order valence-corrected chi connectivity index (χ0v) is 13.9. The summed E-state index contributed by atoms with van der Waals surface area (Å²) in [4.78, 5) is 2.54. The van der Waals surface area contributed by atoms with Crippen molar-refractivity contribution in [2.24, 2.45) is 11.7 Å². The van der Waals surface area contributed by atoms with E-state index in [0.29, 0.717) is 12.6 Å². The largest absolute Gasteiger partial charge is 0.329 e. The minimum Gasteiger partial charge on any atom is -0.329 e. The highest BCUT2D eigenvalue weighted by atomic mass is 79.9. The molecule has 2 N–H and O–H groups in total. The summed E-state index contributed by atoms with van der Waals surface area (Å²) in [7, 11) is 0. The van der Waals surface area contributed by atoms with E-state index in [9.17, 15) is 0 Å². The molecule has 2 rings (SSSR count). The van der Waals surface area contributed by atoms with Gasteiger partial charge in [0.1, 0.15) is 0 Å². The summed E-state index contributed by atoms with van der Waals surface area (Å²) in [6, 6.07) is 6.85. The standard InChI is InChI=1S/C15H22BrClN2/c1-10-3-4-11(2)19(9-10)15(8-18)13-6-5-12(17)7-14(13)16/h5-7,10-11,15H,3-4,8-9,18H2,1-2H3. The second kappa shape index (κ2) is 6.57. The molecule has 0 radical (unpaired) electrons. The molecule has 19 heavy (non-hydrogen) atoms. The Labute approximate surface area is 129 Å². The minimum atomic E-state index is 0.268. The zero-order valence-electron chi connectivity index (χ0n) is 11.6. The molecular formula is C15H22BrClN2. The van der Waals surface area contributed by atoms with Crippen LogP contribution in [0.2, 0.25) is 5.02 Å². The van der Waals surface area contributed by atoms with Crippen molar-refractivity contribution in [2.75, 3.05) is 13.1 Å². The van der Waals surface area contributed by atoms with Crippen molar-refractivity contribution < 1.29 is 0 Å². The average molecular weight is 346 g/mol. The Morgan fingerprint density at radius 1 is 1.42 bits per heavy atom. The molecule has 2 nitrogen and oxygen atoms in total. The third kappa shape index (κ3) is 3.52. The van der Waals surface area contributed by atoms with Gasteiger partial charge in [-0.2, -0.15) is 0 Å². The van der Waals surface area contributed by atoms with E-state index in [1.165, 1.54) is 18.4 Å². The molecule has 1 saturated heterocycles. The number of rotatable bonds is 3. The summed E-state index contributed by atoms with van der Waals surface area (Å²) < 4.78 is 1.06. The first kappa shape index (κ1) is 15.3. The zero-order chi connectivity index (χ0) is 14.0. The molecule has 0 saturated carbocycles. The molecule has 1 fully saturated rings. The van der Waals surface area contributed by atoms with Crippen LogP contribution in [-0.4, -0.2) is 24.0 Å².